The number of nitrogens with one attached hydrogen (secondary N) is 1. The van der Waals surface area contributed by atoms with Gasteiger partial charge < -0.3 is 5.32 Å². The first-order valence-electron chi connectivity index (χ1n) is 5.04. The van der Waals surface area contributed by atoms with Gasteiger partial charge in [-0.15, -0.1) is 11.3 Å². The Morgan fingerprint density at radius 1 is 1.50 bits per heavy atom. The van der Waals surface area contributed by atoms with Crippen LogP contribution < -0.4 is 5.32 Å². The van der Waals surface area contributed by atoms with Gasteiger partial charge in [0.2, 0.25) is 5.91 Å². The van der Waals surface area contributed by atoms with Gasteiger partial charge in [-0.2, -0.15) is 0 Å². The Morgan fingerprint density at radius 2 is 2.28 bits per heavy atom. The average molecular weight is 263 g/mol. The summed E-state index contributed by atoms with van der Waals surface area (Å²) in [6, 6.07) is 6.21. The van der Waals surface area contributed by atoms with Crippen molar-refractivity contribution in [2.24, 2.45) is 0 Å². The number of hydrogen-bond acceptors (Lipinski definition) is 5. The largest absolute Gasteiger partial charge is 0.302 e. The molecule has 0 aliphatic heterocycles. The van der Waals surface area contributed by atoms with Crippen LogP contribution in [0.25, 0.3) is 11.3 Å². The van der Waals surface area contributed by atoms with Crippen molar-refractivity contribution in [1.29, 1.82) is 0 Å². The van der Waals surface area contributed by atoms with Crippen LogP contribution in [0.3, 0.4) is 0 Å². The van der Waals surface area contributed by atoms with E-state index in [1.165, 1.54) is 30.4 Å². The molecule has 0 atom stereocenters. The third kappa shape index (κ3) is 2.69. The second-order valence-electron chi connectivity index (χ2n) is 3.53. The van der Waals surface area contributed by atoms with Crippen molar-refractivity contribution in [1.82, 2.24) is 4.98 Å². The highest BCUT2D eigenvalue weighted by Gasteiger charge is 2.10. The summed E-state index contributed by atoms with van der Waals surface area (Å²) in [5, 5.41) is 15.4. The van der Waals surface area contributed by atoms with E-state index in [0.29, 0.717) is 16.4 Å². The molecule has 7 heteroatoms. The third-order valence-electron chi connectivity index (χ3n) is 2.14. The van der Waals surface area contributed by atoms with Crippen LogP contribution in [0.15, 0.2) is 29.6 Å². The van der Waals surface area contributed by atoms with Crippen LogP contribution in [0.1, 0.15) is 6.92 Å². The lowest BCUT2D eigenvalue weighted by Gasteiger charge is -1.97. The molecule has 2 rings (SSSR count). The maximum absolute atomic E-state index is 10.9. The fourth-order valence-corrected chi connectivity index (χ4v) is 2.16. The molecule has 2 aromatic rings. The van der Waals surface area contributed by atoms with Gasteiger partial charge in [-0.1, -0.05) is 12.1 Å². The second-order valence-corrected chi connectivity index (χ2v) is 4.38. The van der Waals surface area contributed by atoms with Gasteiger partial charge in [0.05, 0.1) is 10.6 Å². The summed E-state index contributed by atoms with van der Waals surface area (Å²) in [6.45, 7) is 1.40. The molecule has 92 valence electrons. The number of carbonyl (C=O) groups excluding carboxylic acids is 1. The molecule has 0 fully saturated rings. The van der Waals surface area contributed by atoms with Crippen LogP contribution in [-0.2, 0) is 4.79 Å². The Kier molecular flexibility index (Phi) is 3.33. The lowest BCUT2D eigenvalue weighted by molar-refractivity contribution is -0.384. The molecule has 6 nitrogen and oxygen atoms in total. The summed E-state index contributed by atoms with van der Waals surface area (Å²) in [7, 11) is 0. The Labute approximate surface area is 106 Å². The number of nitrogens with zero attached hydrogens (tertiary/aromatic N) is 2. The molecule has 0 spiro atoms. The zero-order valence-corrected chi connectivity index (χ0v) is 10.2. The minimum atomic E-state index is -0.454. The lowest BCUT2D eigenvalue weighted by atomic mass is 10.1. The highest BCUT2D eigenvalue weighted by Crippen LogP contribution is 2.27. The molecule has 0 saturated carbocycles. The fourth-order valence-electron chi connectivity index (χ4n) is 1.39. The van der Waals surface area contributed by atoms with E-state index in [1.807, 2.05) is 0 Å². The molecule has 0 aliphatic carbocycles. The van der Waals surface area contributed by atoms with Gasteiger partial charge in [-0.3, -0.25) is 14.9 Å². The lowest BCUT2D eigenvalue weighted by Crippen LogP contribution is -2.04. The molecular formula is C11H9N3O3S. The Morgan fingerprint density at radius 3 is 2.94 bits per heavy atom. The SMILES string of the molecule is CC(=O)Nc1nc(-c2cccc([N+](=O)[O-])c2)cs1. The van der Waals surface area contributed by atoms with Gasteiger partial charge >= 0.3 is 0 Å². The number of hydrogen-bond donors (Lipinski definition) is 1. The van der Waals surface area contributed by atoms with E-state index >= 15 is 0 Å². The number of non-ortho nitro benzene ring substituents is 1. The Balaban J connectivity index is 2.31. The predicted octanol–water partition coefficient (Wildman–Crippen LogP) is 2.68. The topological polar surface area (TPSA) is 85.1 Å². The van der Waals surface area contributed by atoms with Crippen molar-refractivity contribution in [3.8, 4) is 11.3 Å². The summed E-state index contributed by atoms with van der Waals surface area (Å²) < 4.78 is 0. The van der Waals surface area contributed by atoms with Crippen LogP contribution in [0.2, 0.25) is 0 Å². The molecule has 1 heterocycles. The van der Waals surface area contributed by atoms with Crippen LogP contribution >= 0.6 is 11.3 Å². The Hall–Kier alpha value is -2.28. The summed E-state index contributed by atoms with van der Waals surface area (Å²) in [5.74, 6) is -0.199. The van der Waals surface area contributed by atoms with E-state index in [9.17, 15) is 14.9 Å². The maximum Gasteiger partial charge on any atom is 0.270 e. The van der Waals surface area contributed by atoms with Gasteiger partial charge in [0.15, 0.2) is 5.13 Å². The van der Waals surface area contributed by atoms with E-state index in [0.717, 1.165) is 0 Å². The minimum Gasteiger partial charge on any atom is -0.302 e. The fraction of sp³-hybridized carbons (Fsp3) is 0.0909. The number of benzene rings is 1. The summed E-state index contributed by atoms with van der Waals surface area (Å²) in [6.07, 6.45) is 0. The molecule has 1 amide bonds. The smallest absolute Gasteiger partial charge is 0.270 e. The Bertz CT molecular complexity index is 609. The first-order chi connectivity index (χ1) is 8.56. The van der Waals surface area contributed by atoms with Gasteiger partial charge in [0.25, 0.3) is 5.69 Å². The van der Waals surface area contributed by atoms with E-state index < -0.39 is 4.92 Å². The van der Waals surface area contributed by atoms with Crippen LogP contribution in [0.5, 0.6) is 0 Å². The zero-order chi connectivity index (χ0) is 13.1. The minimum absolute atomic E-state index is 0.0153. The number of thiazole rings is 1. The number of rotatable bonds is 3. The van der Waals surface area contributed by atoms with Crippen molar-refractivity contribution >= 4 is 28.1 Å². The average Bonchev–Trinajstić information content (AvgIpc) is 2.77. The molecular weight excluding hydrogens is 254 g/mol. The van der Waals surface area contributed by atoms with Crippen molar-refractivity contribution in [3.05, 3.63) is 39.8 Å². The van der Waals surface area contributed by atoms with Gasteiger partial charge in [0.1, 0.15) is 0 Å². The molecule has 1 aromatic carbocycles. The van der Waals surface area contributed by atoms with Gasteiger partial charge in [-0.25, -0.2) is 4.98 Å². The second kappa shape index (κ2) is 4.92. The van der Waals surface area contributed by atoms with E-state index in [-0.39, 0.29) is 11.6 Å². The van der Waals surface area contributed by atoms with E-state index in [4.69, 9.17) is 0 Å². The molecule has 0 bridgehead atoms. The van der Waals surface area contributed by atoms with Crippen molar-refractivity contribution in [2.75, 3.05) is 5.32 Å². The van der Waals surface area contributed by atoms with Crippen molar-refractivity contribution < 1.29 is 9.72 Å². The monoisotopic (exact) mass is 263 g/mol. The zero-order valence-electron chi connectivity index (χ0n) is 9.41. The van der Waals surface area contributed by atoms with Crippen LogP contribution in [0.4, 0.5) is 10.8 Å². The number of nitro benzene ring substituents is 1. The third-order valence-corrected chi connectivity index (χ3v) is 2.90. The van der Waals surface area contributed by atoms with Crippen LogP contribution in [-0.4, -0.2) is 15.8 Å². The molecule has 0 unspecified atom stereocenters. The van der Waals surface area contributed by atoms with E-state index in [1.54, 1.807) is 17.5 Å². The molecule has 1 aromatic heterocycles. The first-order valence-corrected chi connectivity index (χ1v) is 5.92. The van der Waals surface area contributed by atoms with Gasteiger partial charge in [0, 0.05) is 30.0 Å². The van der Waals surface area contributed by atoms with Crippen molar-refractivity contribution in [3.63, 3.8) is 0 Å². The number of aromatic nitrogens is 1. The standard InChI is InChI=1S/C11H9N3O3S/c1-7(15)12-11-13-10(6-18-11)8-3-2-4-9(5-8)14(16)17/h2-6H,1H3,(H,12,13,15). The maximum atomic E-state index is 10.9. The summed E-state index contributed by atoms with van der Waals surface area (Å²) >= 11 is 1.27. The quantitative estimate of drug-likeness (QED) is 0.681. The molecule has 0 saturated heterocycles. The number of anilines is 1. The van der Waals surface area contributed by atoms with Crippen LogP contribution in [0, 0.1) is 10.1 Å². The summed E-state index contributed by atoms with van der Waals surface area (Å²) in [5.41, 5.74) is 1.27. The molecule has 0 aliphatic rings. The first kappa shape index (κ1) is 12.2. The molecule has 1 N–H and O–H groups in total. The number of carbonyl (C=O) groups is 1. The van der Waals surface area contributed by atoms with E-state index in [2.05, 4.69) is 10.3 Å². The molecule has 18 heavy (non-hydrogen) atoms. The highest BCUT2D eigenvalue weighted by molar-refractivity contribution is 7.14. The predicted molar refractivity (Wildman–Crippen MR) is 68.5 cm³/mol. The number of amides is 1. The van der Waals surface area contributed by atoms with Crippen molar-refractivity contribution in [2.45, 2.75) is 6.92 Å². The highest BCUT2D eigenvalue weighted by atomic mass is 32.1. The normalized spacial score (nSPS) is 10.1. The van der Waals surface area contributed by atoms with Gasteiger partial charge in [-0.05, 0) is 0 Å². The summed E-state index contributed by atoms with van der Waals surface area (Å²) in [4.78, 5) is 25.3. The number of nitro groups is 1. The molecule has 0 radical (unpaired) electrons.